The molecule has 1 aliphatic carbocycles. The molecule has 1 aromatic heterocycles. The Balaban J connectivity index is 1.30. The molecule has 1 N–H and O–H groups in total. The molecule has 0 unspecified atom stereocenters. The van der Waals surface area contributed by atoms with Crippen LogP contribution in [0.2, 0.25) is 0 Å². The van der Waals surface area contributed by atoms with Crippen LogP contribution >= 0.6 is 11.3 Å². The summed E-state index contributed by atoms with van der Waals surface area (Å²) in [6, 6.07) is 11.6. The normalized spacial score (nSPS) is 17.6. The lowest BCUT2D eigenvalue weighted by atomic mass is 10.0. The molecule has 0 bridgehead atoms. The minimum Gasteiger partial charge on any atom is -0.488 e. The van der Waals surface area contributed by atoms with Gasteiger partial charge < -0.3 is 15.0 Å². The number of thiophene rings is 1. The highest BCUT2D eigenvalue weighted by Crippen LogP contribution is 2.29. The van der Waals surface area contributed by atoms with Crippen molar-refractivity contribution in [1.82, 2.24) is 10.2 Å². The van der Waals surface area contributed by atoms with Crippen molar-refractivity contribution >= 4 is 23.2 Å². The highest BCUT2D eigenvalue weighted by atomic mass is 32.1. The summed E-state index contributed by atoms with van der Waals surface area (Å²) in [7, 11) is 0. The molecule has 1 aromatic carbocycles. The van der Waals surface area contributed by atoms with E-state index in [4.69, 9.17) is 4.74 Å². The van der Waals surface area contributed by atoms with Gasteiger partial charge in [-0.25, -0.2) is 0 Å². The maximum atomic E-state index is 12.8. The van der Waals surface area contributed by atoms with Crippen LogP contribution in [0.25, 0.3) is 0 Å². The minimum absolute atomic E-state index is 0.0311. The van der Waals surface area contributed by atoms with E-state index in [0.29, 0.717) is 31.0 Å². The Morgan fingerprint density at radius 3 is 2.63 bits per heavy atom. The number of nitrogens with zero attached hydrogens (tertiary/aromatic N) is 1. The molecule has 5 nitrogen and oxygen atoms in total. The van der Waals surface area contributed by atoms with Gasteiger partial charge in [0.15, 0.2) is 0 Å². The number of hydrogen-bond acceptors (Lipinski definition) is 4. The fraction of sp³-hybridized carbons (Fsp3) is 0.429. The maximum Gasteiger partial charge on any atom is 0.253 e. The van der Waals surface area contributed by atoms with Crippen LogP contribution in [-0.2, 0) is 11.4 Å². The average molecular weight is 385 g/mol. The lowest BCUT2D eigenvalue weighted by Gasteiger charge is -2.32. The number of rotatable bonds is 6. The Labute approximate surface area is 163 Å². The van der Waals surface area contributed by atoms with E-state index in [1.807, 2.05) is 46.7 Å². The zero-order chi connectivity index (χ0) is 18.6. The summed E-state index contributed by atoms with van der Waals surface area (Å²) in [4.78, 5) is 27.7. The summed E-state index contributed by atoms with van der Waals surface area (Å²) < 4.78 is 5.81. The molecule has 4 rings (SSSR count). The van der Waals surface area contributed by atoms with Gasteiger partial charge in [-0.1, -0.05) is 12.1 Å². The number of benzene rings is 1. The lowest BCUT2D eigenvalue weighted by Crippen LogP contribution is -2.46. The number of piperidine rings is 1. The summed E-state index contributed by atoms with van der Waals surface area (Å²) in [5.41, 5.74) is 0.652. The highest BCUT2D eigenvalue weighted by molar-refractivity contribution is 7.09. The molecular formula is C21H24N2O3S. The van der Waals surface area contributed by atoms with Gasteiger partial charge in [0.2, 0.25) is 5.91 Å². The number of ether oxygens (including phenoxy) is 1. The molecule has 1 saturated carbocycles. The first kappa shape index (κ1) is 18.0. The first-order valence-corrected chi connectivity index (χ1v) is 10.4. The molecule has 0 atom stereocenters. The molecule has 27 heavy (non-hydrogen) atoms. The fourth-order valence-corrected chi connectivity index (χ4v) is 3.96. The van der Waals surface area contributed by atoms with Crippen LogP contribution < -0.4 is 10.1 Å². The van der Waals surface area contributed by atoms with Gasteiger partial charge in [-0.15, -0.1) is 11.3 Å². The molecule has 6 heteroatoms. The predicted octanol–water partition coefficient (Wildman–Crippen LogP) is 3.46. The molecule has 2 aliphatic rings. The number of carbonyl (C=O) groups excluding carboxylic acids is 2. The molecular weight excluding hydrogens is 360 g/mol. The Morgan fingerprint density at radius 2 is 1.93 bits per heavy atom. The SMILES string of the molecule is O=C(NC1CCN(C(=O)c2cccc(OCc3cccs3)c2)CC1)C1CC1. The molecule has 1 saturated heterocycles. The van der Waals surface area contributed by atoms with Crippen LogP contribution in [0.15, 0.2) is 41.8 Å². The monoisotopic (exact) mass is 384 g/mol. The van der Waals surface area contributed by atoms with E-state index in [1.54, 1.807) is 11.3 Å². The van der Waals surface area contributed by atoms with E-state index in [1.165, 1.54) is 0 Å². The van der Waals surface area contributed by atoms with E-state index < -0.39 is 0 Å². The molecule has 1 aliphatic heterocycles. The van der Waals surface area contributed by atoms with Crippen molar-refractivity contribution in [2.75, 3.05) is 13.1 Å². The number of amides is 2. The second kappa shape index (κ2) is 8.13. The van der Waals surface area contributed by atoms with Crippen molar-refractivity contribution in [2.45, 2.75) is 38.3 Å². The lowest BCUT2D eigenvalue weighted by molar-refractivity contribution is -0.123. The van der Waals surface area contributed by atoms with Crippen LogP contribution in [0.4, 0.5) is 0 Å². The Morgan fingerprint density at radius 1 is 1.11 bits per heavy atom. The highest BCUT2D eigenvalue weighted by Gasteiger charge is 2.32. The van der Waals surface area contributed by atoms with Gasteiger partial charge in [0, 0.05) is 35.5 Å². The van der Waals surface area contributed by atoms with Crippen LogP contribution in [0.5, 0.6) is 5.75 Å². The largest absolute Gasteiger partial charge is 0.488 e. The average Bonchev–Trinajstić information content (AvgIpc) is 3.43. The number of likely N-dealkylation sites (tertiary alicyclic amines) is 1. The van der Waals surface area contributed by atoms with E-state index in [-0.39, 0.29) is 23.8 Å². The third kappa shape index (κ3) is 4.69. The summed E-state index contributed by atoms with van der Waals surface area (Å²) in [5, 5.41) is 5.15. The van der Waals surface area contributed by atoms with Gasteiger partial charge in [0.05, 0.1) is 0 Å². The van der Waals surface area contributed by atoms with Crippen molar-refractivity contribution in [3.8, 4) is 5.75 Å². The molecule has 0 radical (unpaired) electrons. The van der Waals surface area contributed by atoms with Crippen molar-refractivity contribution in [3.63, 3.8) is 0 Å². The summed E-state index contributed by atoms with van der Waals surface area (Å²) in [5.74, 6) is 1.17. The zero-order valence-corrected chi connectivity index (χ0v) is 16.0. The maximum absolute atomic E-state index is 12.8. The Kier molecular flexibility index (Phi) is 5.43. The number of carbonyl (C=O) groups is 2. The first-order valence-electron chi connectivity index (χ1n) is 9.54. The first-order chi connectivity index (χ1) is 13.2. The minimum atomic E-state index is 0.0311. The molecule has 0 spiro atoms. The summed E-state index contributed by atoms with van der Waals surface area (Å²) in [6.07, 6.45) is 3.68. The van der Waals surface area contributed by atoms with Crippen LogP contribution in [0.1, 0.15) is 40.9 Å². The zero-order valence-electron chi connectivity index (χ0n) is 15.2. The molecule has 2 heterocycles. The second-order valence-electron chi connectivity index (χ2n) is 7.25. The summed E-state index contributed by atoms with van der Waals surface area (Å²) >= 11 is 1.66. The smallest absolute Gasteiger partial charge is 0.253 e. The van der Waals surface area contributed by atoms with Crippen molar-refractivity contribution in [3.05, 3.63) is 52.2 Å². The standard InChI is InChI=1S/C21H24N2O3S/c24-20(15-6-7-15)22-17-8-10-23(11-9-17)21(25)16-3-1-4-18(13-16)26-14-19-5-2-12-27-19/h1-5,12-13,15,17H,6-11,14H2,(H,22,24). The summed E-state index contributed by atoms with van der Waals surface area (Å²) in [6.45, 7) is 1.87. The van der Waals surface area contributed by atoms with Crippen molar-refractivity contribution < 1.29 is 14.3 Å². The predicted molar refractivity (Wildman–Crippen MR) is 105 cm³/mol. The molecule has 2 aromatic rings. The third-order valence-electron chi connectivity index (χ3n) is 5.12. The van der Waals surface area contributed by atoms with E-state index >= 15 is 0 Å². The van der Waals surface area contributed by atoms with Gasteiger partial charge >= 0.3 is 0 Å². The van der Waals surface area contributed by atoms with Gasteiger partial charge in [-0.05, 0) is 55.3 Å². The van der Waals surface area contributed by atoms with Crippen LogP contribution in [0, 0.1) is 5.92 Å². The molecule has 142 valence electrons. The quantitative estimate of drug-likeness (QED) is 0.830. The van der Waals surface area contributed by atoms with Gasteiger partial charge in [0.25, 0.3) is 5.91 Å². The van der Waals surface area contributed by atoms with Crippen LogP contribution in [-0.4, -0.2) is 35.8 Å². The van der Waals surface area contributed by atoms with Crippen LogP contribution in [0.3, 0.4) is 0 Å². The Hall–Kier alpha value is -2.34. The third-order valence-corrected chi connectivity index (χ3v) is 5.97. The van der Waals surface area contributed by atoms with E-state index in [2.05, 4.69) is 5.32 Å². The Bertz CT molecular complexity index is 794. The number of hydrogen-bond donors (Lipinski definition) is 1. The molecule has 2 amide bonds. The fourth-order valence-electron chi connectivity index (χ4n) is 3.34. The van der Waals surface area contributed by atoms with Crippen molar-refractivity contribution in [1.29, 1.82) is 0 Å². The van der Waals surface area contributed by atoms with E-state index in [9.17, 15) is 9.59 Å². The van der Waals surface area contributed by atoms with Crippen molar-refractivity contribution in [2.24, 2.45) is 5.92 Å². The van der Waals surface area contributed by atoms with E-state index in [0.717, 1.165) is 30.6 Å². The second-order valence-corrected chi connectivity index (χ2v) is 8.28. The van der Waals surface area contributed by atoms with Gasteiger partial charge in [-0.3, -0.25) is 9.59 Å². The van der Waals surface area contributed by atoms with Gasteiger partial charge in [-0.2, -0.15) is 0 Å². The topological polar surface area (TPSA) is 58.6 Å². The molecule has 2 fully saturated rings. The van der Waals surface area contributed by atoms with Gasteiger partial charge in [0.1, 0.15) is 12.4 Å². The number of nitrogens with one attached hydrogen (secondary N) is 1.